The lowest BCUT2D eigenvalue weighted by Gasteiger charge is -2.34. The van der Waals surface area contributed by atoms with Gasteiger partial charge in [0.15, 0.2) is 11.7 Å². The van der Waals surface area contributed by atoms with Crippen molar-refractivity contribution in [3.8, 4) is 6.07 Å². The summed E-state index contributed by atoms with van der Waals surface area (Å²) in [4.78, 5) is 26.5. The first kappa shape index (κ1) is 27.7. The molecule has 0 aliphatic carbocycles. The Morgan fingerprint density at radius 3 is 2.14 bits per heavy atom. The zero-order valence-corrected chi connectivity index (χ0v) is 21.2. The van der Waals surface area contributed by atoms with Crippen LogP contribution in [0.3, 0.4) is 0 Å². The van der Waals surface area contributed by atoms with Crippen LogP contribution in [-0.2, 0) is 16.1 Å². The summed E-state index contributed by atoms with van der Waals surface area (Å²) in [7, 11) is 2.05. The van der Waals surface area contributed by atoms with Gasteiger partial charge in [-0.3, -0.25) is 4.79 Å². The third kappa shape index (κ3) is 7.20. The molecule has 0 saturated carbocycles. The Morgan fingerprint density at radius 2 is 1.57 bits per heavy atom. The maximum atomic E-state index is 13.1. The highest BCUT2D eigenvalue weighted by Crippen LogP contribution is 2.28. The van der Waals surface area contributed by atoms with Gasteiger partial charge in [0.2, 0.25) is 0 Å². The zero-order valence-electron chi connectivity index (χ0n) is 21.2. The van der Waals surface area contributed by atoms with Gasteiger partial charge in [-0.2, -0.15) is 5.26 Å². The first-order valence-corrected chi connectivity index (χ1v) is 12.1. The van der Waals surface area contributed by atoms with Crippen molar-refractivity contribution in [2.75, 3.05) is 38.1 Å². The predicted molar refractivity (Wildman–Crippen MR) is 136 cm³/mol. The maximum absolute atomic E-state index is 13.1. The average molecular weight is 480 g/mol. The molecule has 1 saturated heterocycles. The Kier molecular flexibility index (Phi) is 11.0. The first-order valence-electron chi connectivity index (χ1n) is 12.1. The van der Waals surface area contributed by atoms with E-state index in [9.17, 15) is 14.4 Å². The van der Waals surface area contributed by atoms with E-state index in [-0.39, 0.29) is 12.4 Å². The molecule has 0 bridgehead atoms. The third-order valence-corrected chi connectivity index (χ3v) is 5.31. The molecule has 1 fully saturated rings. The van der Waals surface area contributed by atoms with Gasteiger partial charge in [-0.15, -0.1) is 0 Å². The molecule has 1 aliphatic heterocycles. The van der Waals surface area contributed by atoms with Gasteiger partial charge >= 0.3 is 5.97 Å². The quantitative estimate of drug-likeness (QED) is 0.480. The fraction of sp³-hybridized carbons (Fsp3) is 0.407. The topological polar surface area (TPSA) is 82.4 Å². The van der Waals surface area contributed by atoms with Crippen LogP contribution in [0.15, 0.2) is 48.5 Å². The molecule has 186 valence electrons. The third-order valence-electron chi connectivity index (χ3n) is 5.31. The smallest absolute Gasteiger partial charge is 0.330 e. The second kappa shape index (κ2) is 14.0. The number of carbonyl (C=O) groups excluding carboxylic acids is 1. The summed E-state index contributed by atoms with van der Waals surface area (Å²) < 4.78 is 18.5. The van der Waals surface area contributed by atoms with Gasteiger partial charge < -0.3 is 14.5 Å². The van der Waals surface area contributed by atoms with Crippen LogP contribution in [0.4, 0.5) is 10.2 Å². The number of carbonyl (C=O) groups is 1. The number of ether oxygens (including phenoxy) is 1. The number of likely N-dealkylation sites (N-methyl/N-ethyl adjacent to an activating group) is 1. The van der Waals surface area contributed by atoms with Crippen molar-refractivity contribution in [2.45, 2.75) is 40.2 Å². The minimum absolute atomic E-state index is 0.0534. The van der Waals surface area contributed by atoms with Gasteiger partial charge in [-0.1, -0.05) is 52.0 Å². The fourth-order valence-electron chi connectivity index (χ4n) is 3.49. The summed E-state index contributed by atoms with van der Waals surface area (Å²) in [5, 5.41) is 9.83. The van der Waals surface area contributed by atoms with Crippen molar-refractivity contribution in [1.29, 1.82) is 5.26 Å². The minimum Gasteiger partial charge on any atom is -0.460 e. The highest BCUT2D eigenvalue weighted by molar-refractivity contribution is 5.85. The zero-order chi connectivity index (χ0) is 25.8. The second-order valence-electron chi connectivity index (χ2n) is 7.51. The van der Waals surface area contributed by atoms with E-state index in [1.807, 2.05) is 52.0 Å². The molecule has 1 unspecified atom stereocenters. The molecule has 8 heteroatoms. The molecule has 1 aliphatic rings. The summed E-state index contributed by atoms with van der Waals surface area (Å²) >= 11 is 0. The lowest BCUT2D eigenvalue weighted by molar-refractivity contribution is -0.145. The summed E-state index contributed by atoms with van der Waals surface area (Å²) in [5.41, 5.74) is 2.25. The minimum atomic E-state index is -1.22. The molecule has 1 atom stereocenters. The summed E-state index contributed by atoms with van der Waals surface area (Å²) in [6, 6.07) is 15.1. The number of benzene rings is 2. The molecule has 0 spiro atoms. The number of piperazine rings is 1. The van der Waals surface area contributed by atoms with E-state index in [1.54, 1.807) is 6.07 Å². The van der Waals surface area contributed by atoms with E-state index in [1.165, 1.54) is 24.3 Å². The van der Waals surface area contributed by atoms with Crippen molar-refractivity contribution in [3.05, 3.63) is 65.6 Å². The molecule has 4 rings (SSSR count). The Bertz CT molecular complexity index is 1120. The molecule has 0 radical (unpaired) electrons. The molecular weight excluding hydrogens is 445 g/mol. The van der Waals surface area contributed by atoms with Crippen LogP contribution < -0.4 is 4.90 Å². The lowest BCUT2D eigenvalue weighted by atomic mass is 10.1. The summed E-state index contributed by atoms with van der Waals surface area (Å²) in [6.07, 6.45) is 0. The Morgan fingerprint density at radius 1 is 1.00 bits per heavy atom. The number of anilines is 1. The van der Waals surface area contributed by atoms with Crippen LogP contribution in [0.2, 0.25) is 0 Å². The fourth-order valence-corrected chi connectivity index (χ4v) is 3.49. The van der Waals surface area contributed by atoms with Gasteiger partial charge in [-0.05, 0) is 36.9 Å². The van der Waals surface area contributed by atoms with Crippen molar-refractivity contribution in [1.82, 2.24) is 14.9 Å². The van der Waals surface area contributed by atoms with E-state index in [2.05, 4.69) is 21.8 Å². The Balaban J connectivity index is 0.00000103. The Hall–Kier alpha value is -3.57. The standard InChI is InChI=1S/C23H22FN5O2.2C2H6/c1-28-10-12-29(13-11-28)22-21(26-19-4-2-3-5-20(19)27-22)18(14-25)23(30)31-15-16-6-8-17(24)9-7-16;2*1-2/h2-9,18H,10-13,15H2,1H3;2*1-2H3. The van der Waals surface area contributed by atoms with Crippen molar-refractivity contribution >= 4 is 22.8 Å². The summed E-state index contributed by atoms with van der Waals surface area (Å²) in [6.45, 7) is 11.1. The number of nitriles is 1. The van der Waals surface area contributed by atoms with E-state index in [0.29, 0.717) is 28.1 Å². The number of halogens is 1. The largest absolute Gasteiger partial charge is 0.460 e. The molecule has 2 aromatic carbocycles. The van der Waals surface area contributed by atoms with Gasteiger partial charge in [0, 0.05) is 26.2 Å². The van der Waals surface area contributed by atoms with Crippen molar-refractivity contribution < 1.29 is 13.9 Å². The molecule has 7 nitrogen and oxygen atoms in total. The second-order valence-corrected chi connectivity index (χ2v) is 7.51. The van der Waals surface area contributed by atoms with Crippen molar-refractivity contribution in [3.63, 3.8) is 0 Å². The first-order chi connectivity index (χ1) is 17.0. The number of esters is 1. The van der Waals surface area contributed by atoms with E-state index < -0.39 is 11.9 Å². The number of nitrogens with zero attached hydrogens (tertiary/aromatic N) is 5. The van der Waals surface area contributed by atoms with Gasteiger partial charge in [0.25, 0.3) is 0 Å². The Labute approximate surface area is 207 Å². The van der Waals surface area contributed by atoms with Gasteiger partial charge in [0.05, 0.1) is 17.1 Å². The highest BCUT2D eigenvalue weighted by atomic mass is 19.1. The average Bonchev–Trinajstić information content (AvgIpc) is 2.91. The number of fused-ring (bicyclic) bond motifs is 1. The monoisotopic (exact) mass is 479 g/mol. The van der Waals surface area contributed by atoms with Crippen LogP contribution in [-0.4, -0.2) is 54.1 Å². The lowest BCUT2D eigenvalue weighted by Crippen LogP contribution is -2.45. The van der Waals surface area contributed by atoms with E-state index >= 15 is 0 Å². The maximum Gasteiger partial charge on any atom is 0.330 e. The SMILES string of the molecule is CC.CC.CN1CCN(c2nc3ccccc3nc2C(C#N)C(=O)OCc2ccc(F)cc2)CC1. The molecule has 3 aromatic rings. The molecule has 0 N–H and O–H groups in total. The predicted octanol–water partition coefficient (Wildman–Crippen LogP) is 4.92. The van der Waals surface area contributed by atoms with Crippen LogP contribution >= 0.6 is 0 Å². The molecule has 1 aromatic heterocycles. The number of rotatable bonds is 5. The van der Waals surface area contributed by atoms with Crippen molar-refractivity contribution in [2.24, 2.45) is 0 Å². The molecule has 0 amide bonds. The van der Waals surface area contributed by atoms with Gasteiger partial charge in [-0.25, -0.2) is 14.4 Å². The van der Waals surface area contributed by atoms with Gasteiger partial charge in [0.1, 0.15) is 18.1 Å². The van der Waals surface area contributed by atoms with Crippen LogP contribution in [0.25, 0.3) is 11.0 Å². The van der Waals surface area contributed by atoms with E-state index in [4.69, 9.17) is 9.72 Å². The van der Waals surface area contributed by atoms with Crippen LogP contribution in [0.1, 0.15) is 44.9 Å². The molecule has 2 heterocycles. The van der Waals surface area contributed by atoms with E-state index in [0.717, 1.165) is 26.2 Å². The number of para-hydroxylation sites is 2. The van der Waals surface area contributed by atoms with Crippen LogP contribution in [0, 0.1) is 17.1 Å². The summed E-state index contributed by atoms with van der Waals surface area (Å²) in [5.74, 6) is -1.75. The number of hydrogen-bond donors (Lipinski definition) is 0. The normalized spacial score (nSPS) is 14.0. The van der Waals surface area contributed by atoms with Crippen LogP contribution in [0.5, 0.6) is 0 Å². The highest BCUT2D eigenvalue weighted by Gasteiger charge is 2.31. The number of aromatic nitrogens is 2. The molecule has 35 heavy (non-hydrogen) atoms. The number of hydrogen-bond acceptors (Lipinski definition) is 7. The molecular formula is C27H34FN5O2.